The lowest BCUT2D eigenvalue weighted by molar-refractivity contribution is -0.136. The second-order valence-corrected chi connectivity index (χ2v) is 5.76. The SMILES string of the molecule is CCN(CC)CCN(CCC(F)(F)F)C(=O)c1cc(N)ccc1C. The summed E-state index contributed by atoms with van der Waals surface area (Å²) in [6, 6.07) is 4.90. The number of amides is 1. The number of halogens is 3. The van der Waals surface area contributed by atoms with Gasteiger partial charge in [-0.25, -0.2) is 0 Å². The van der Waals surface area contributed by atoms with E-state index in [1.807, 2.05) is 13.8 Å². The van der Waals surface area contributed by atoms with Gasteiger partial charge in [0.25, 0.3) is 5.91 Å². The topological polar surface area (TPSA) is 49.6 Å². The van der Waals surface area contributed by atoms with E-state index in [1.165, 1.54) is 11.0 Å². The highest BCUT2D eigenvalue weighted by Crippen LogP contribution is 2.21. The quantitative estimate of drug-likeness (QED) is 0.736. The largest absolute Gasteiger partial charge is 0.399 e. The molecular weight excluding hydrogens is 319 g/mol. The molecule has 0 atom stereocenters. The summed E-state index contributed by atoms with van der Waals surface area (Å²) in [7, 11) is 0. The molecule has 4 nitrogen and oxygen atoms in total. The summed E-state index contributed by atoms with van der Waals surface area (Å²) in [6.45, 7) is 7.73. The van der Waals surface area contributed by atoms with E-state index in [1.54, 1.807) is 19.1 Å². The second-order valence-electron chi connectivity index (χ2n) is 5.76. The van der Waals surface area contributed by atoms with E-state index in [0.29, 0.717) is 23.4 Å². The van der Waals surface area contributed by atoms with Crippen LogP contribution >= 0.6 is 0 Å². The fourth-order valence-corrected chi connectivity index (χ4v) is 2.42. The summed E-state index contributed by atoms with van der Waals surface area (Å²) in [5.74, 6) is -0.406. The molecule has 2 N–H and O–H groups in total. The predicted molar refractivity (Wildman–Crippen MR) is 90.0 cm³/mol. The van der Waals surface area contributed by atoms with Gasteiger partial charge < -0.3 is 15.5 Å². The van der Waals surface area contributed by atoms with Crippen LogP contribution in [0.1, 0.15) is 36.2 Å². The Morgan fingerprint density at radius 1 is 1.12 bits per heavy atom. The van der Waals surface area contributed by atoms with Gasteiger partial charge in [0, 0.05) is 30.9 Å². The molecule has 0 saturated carbocycles. The maximum atomic E-state index is 12.7. The van der Waals surface area contributed by atoms with Crippen LogP contribution in [0.5, 0.6) is 0 Å². The van der Waals surface area contributed by atoms with E-state index in [4.69, 9.17) is 5.73 Å². The van der Waals surface area contributed by atoms with Crippen LogP contribution in [0.25, 0.3) is 0 Å². The first kappa shape index (κ1) is 20.3. The molecular formula is C17H26F3N3O. The van der Waals surface area contributed by atoms with Crippen molar-refractivity contribution < 1.29 is 18.0 Å². The number of hydrogen-bond acceptors (Lipinski definition) is 3. The molecule has 0 radical (unpaired) electrons. The molecule has 0 bridgehead atoms. The minimum atomic E-state index is -4.29. The molecule has 1 rings (SSSR count). The van der Waals surface area contributed by atoms with E-state index in [-0.39, 0.29) is 13.1 Å². The van der Waals surface area contributed by atoms with E-state index >= 15 is 0 Å². The Morgan fingerprint density at radius 3 is 2.29 bits per heavy atom. The monoisotopic (exact) mass is 345 g/mol. The Kier molecular flexibility index (Phi) is 7.54. The molecule has 1 aromatic rings. The fourth-order valence-electron chi connectivity index (χ4n) is 2.42. The molecule has 0 aliphatic rings. The van der Waals surface area contributed by atoms with Crippen LogP contribution < -0.4 is 5.73 Å². The highest BCUT2D eigenvalue weighted by molar-refractivity contribution is 5.96. The Balaban J connectivity index is 2.93. The number of rotatable bonds is 8. The number of alkyl halides is 3. The molecule has 0 spiro atoms. The van der Waals surface area contributed by atoms with Crippen molar-refractivity contribution in [2.45, 2.75) is 33.4 Å². The zero-order valence-corrected chi connectivity index (χ0v) is 14.5. The molecule has 0 aliphatic carbocycles. The smallest absolute Gasteiger partial charge is 0.390 e. The van der Waals surface area contributed by atoms with Gasteiger partial charge in [-0.1, -0.05) is 19.9 Å². The van der Waals surface area contributed by atoms with Gasteiger partial charge in [0.05, 0.1) is 6.42 Å². The van der Waals surface area contributed by atoms with Crippen molar-refractivity contribution in [2.24, 2.45) is 0 Å². The van der Waals surface area contributed by atoms with Crippen molar-refractivity contribution in [3.63, 3.8) is 0 Å². The molecule has 136 valence electrons. The Bertz CT molecular complexity index is 542. The lowest BCUT2D eigenvalue weighted by Gasteiger charge is -2.27. The summed E-state index contributed by atoms with van der Waals surface area (Å²) in [6.07, 6.45) is -5.31. The predicted octanol–water partition coefficient (Wildman–Crippen LogP) is 3.31. The van der Waals surface area contributed by atoms with Gasteiger partial charge in [-0.3, -0.25) is 4.79 Å². The third kappa shape index (κ3) is 6.39. The summed E-state index contributed by atoms with van der Waals surface area (Å²) < 4.78 is 37.8. The van der Waals surface area contributed by atoms with Gasteiger partial charge in [0.2, 0.25) is 0 Å². The maximum Gasteiger partial charge on any atom is 0.390 e. The number of carbonyl (C=O) groups excluding carboxylic acids is 1. The third-order valence-electron chi connectivity index (χ3n) is 4.03. The van der Waals surface area contributed by atoms with Gasteiger partial charge in [-0.05, 0) is 37.7 Å². The minimum absolute atomic E-state index is 0.255. The molecule has 0 unspecified atom stereocenters. The Hall–Kier alpha value is -1.76. The van der Waals surface area contributed by atoms with Gasteiger partial charge in [0.15, 0.2) is 0 Å². The lowest BCUT2D eigenvalue weighted by Crippen LogP contribution is -2.40. The Morgan fingerprint density at radius 2 is 1.75 bits per heavy atom. The van der Waals surface area contributed by atoms with Crippen molar-refractivity contribution in [1.82, 2.24) is 9.80 Å². The van der Waals surface area contributed by atoms with Crippen LogP contribution in [0, 0.1) is 6.92 Å². The van der Waals surface area contributed by atoms with E-state index in [2.05, 4.69) is 4.90 Å². The first-order valence-electron chi connectivity index (χ1n) is 8.12. The summed E-state index contributed by atoms with van der Waals surface area (Å²) in [5.41, 5.74) is 7.20. The molecule has 1 aromatic carbocycles. The van der Waals surface area contributed by atoms with Crippen LogP contribution in [0.15, 0.2) is 18.2 Å². The molecule has 0 fully saturated rings. The zero-order chi connectivity index (χ0) is 18.3. The number of hydrogen-bond donors (Lipinski definition) is 1. The minimum Gasteiger partial charge on any atom is -0.399 e. The average molecular weight is 345 g/mol. The van der Waals surface area contributed by atoms with Crippen LogP contribution in [-0.2, 0) is 0 Å². The molecule has 0 heterocycles. The fraction of sp³-hybridized carbons (Fsp3) is 0.588. The number of nitrogens with zero attached hydrogens (tertiary/aromatic N) is 2. The van der Waals surface area contributed by atoms with Crippen LogP contribution in [0.3, 0.4) is 0 Å². The Labute approximate surface area is 141 Å². The van der Waals surface area contributed by atoms with Gasteiger partial charge in [-0.15, -0.1) is 0 Å². The summed E-state index contributed by atoms with van der Waals surface area (Å²) in [4.78, 5) is 16.0. The lowest BCUT2D eigenvalue weighted by atomic mass is 10.1. The van der Waals surface area contributed by atoms with E-state index in [0.717, 1.165) is 13.1 Å². The third-order valence-corrected chi connectivity index (χ3v) is 4.03. The number of likely N-dealkylation sites (N-methyl/N-ethyl adjacent to an activating group) is 1. The maximum absolute atomic E-state index is 12.7. The number of nitrogens with two attached hydrogens (primary N) is 1. The van der Waals surface area contributed by atoms with E-state index < -0.39 is 18.5 Å². The molecule has 7 heteroatoms. The van der Waals surface area contributed by atoms with Crippen LogP contribution in [-0.4, -0.2) is 54.6 Å². The van der Waals surface area contributed by atoms with E-state index in [9.17, 15) is 18.0 Å². The number of carbonyl (C=O) groups is 1. The second kappa shape index (κ2) is 8.92. The van der Waals surface area contributed by atoms with Crippen molar-refractivity contribution in [1.29, 1.82) is 0 Å². The van der Waals surface area contributed by atoms with Crippen molar-refractivity contribution in [2.75, 3.05) is 38.5 Å². The first-order chi connectivity index (χ1) is 11.2. The van der Waals surface area contributed by atoms with Crippen LogP contribution in [0.4, 0.5) is 18.9 Å². The molecule has 0 aliphatic heterocycles. The number of nitrogen functional groups attached to an aromatic ring is 1. The zero-order valence-electron chi connectivity index (χ0n) is 14.5. The normalized spacial score (nSPS) is 11.8. The molecule has 0 saturated heterocycles. The highest BCUT2D eigenvalue weighted by atomic mass is 19.4. The number of anilines is 1. The molecule has 1 amide bonds. The van der Waals surface area contributed by atoms with Crippen molar-refractivity contribution in [3.8, 4) is 0 Å². The average Bonchev–Trinajstić information content (AvgIpc) is 2.51. The number of benzene rings is 1. The van der Waals surface area contributed by atoms with Gasteiger partial charge in [-0.2, -0.15) is 13.2 Å². The summed E-state index contributed by atoms with van der Waals surface area (Å²) >= 11 is 0. The van der Waals surface area contributed by atoms with Gasteiger partial charge in [0.1, 0.15) is 0 Å². The van der Waals surface area contributed by atoms with Crippen LogP contribution in [0.2, 0.25) is 0 Å². The first-order valence-corrected chi connectivity index (χ1v) is 8.12. The van der Waals surface area contributed by atoms with Crippen molar-refractivity contribution >= 4 is 11.6 Å². The standard InChI is InChI=1S/C17H26F3N3O/c1-4-22(5-2)10-11-23(9-8-17(18,19)20)16(24)15-12-14(21)7-6-13(15)3/h6-7,12H,4-5,8-11,21H2,1-3H3. The van der Waals surface area contributed by atoms with Crippen molar-refractivity contribution in [3.05, 3.63) is 29.3 Å². The highest BCUT2D eigenvalue weighted by Gasteiger charge is 2.29. The van der Waals surface area contributed by atoms with Gasteiger partial charge >= 0.3 is 6.18 Å². The number of aryl methyl sites for hydroxylation is 1. The molecule has 24 heavy (non-hydrogen) atoms. The summed E-state index contributed by atoms with van der Waals surface area (Å²) in [5, 5.41) is 0. The molecule has 0 aromatic heterocycles.